The molecule has 0 spiro atoms. The molecular formula is C17H22BrClN2O4. The fourth-order valence-corrected chi connectivity index (χ4v) is 2.58. The summed E-state index contributed by atoms with van der Waals surface area (Å²) < 4.78 is 5.57. The molecule has 0 fully saturated rings. The largest absolute Gasteiger partial charge is 0.506 e. The number of carbonyl (C=O) groups is 1. The predicted octanol–water partition coefficient (Wildman–Crippen LogP) is 3.81. The number of hydrogen-bond acceptors (Lipinski definition) is 6. The van der Waals surface area contributed by atoms with Crippen LogP contribution in [0.15, 0.2) is 27.3 Å². The van der Waals surface area contributed by atoms with E-state index in [1.807, 2.05) is 13.8 Å². The highest BCUT2D eigenvalue weighted by Crippen LogP contribution is 2.26. The molecule has 0 aliphatic carbocycles. The van der Waals surface area contributed by atoms with Crippen LogP contribution in [0.1, 0.15) is 32.8 Å². The third-order valence-electron chi connectivity index (χ3n) is 3.18. The number of esters is 1. The van der Waals surface area contributed by atoms with E-state index in [-0.39, 0.29) is 41.3 Å². The van der Waals surface area contributed by atoms with Crippen molar-refractivity contribution < 1.29 is 19.7 Å². The van der Waals surface area contributed by atoms with Gasteiger partial charge in [0.2, 0.25) is 0 Å². The van der Waals surface area contributed by atoms with Gasteiger partial charge in [0.1, 0.15) is 16.5 Å². The van der Waals surface area contributed by atoms with Crippen LogP contribution in [0, 0.1) is 5.92 Å². The zero-order valence-electron chi connectivity index (χ0n) is 14.4. The van der Waals surface area contributed by atoms with Gasteiger partial charge in [-0.15, -0.1) is 0 Å². The van der Waals surface area contributed by atoms with E-state index < -0.39 is 5.97 Å². The van der Waals surface area contributed by atoms with Gasteiger partial charge in [-0.1, -0.05) is 25.4 Å². The lowest BCUT2D eigenvalue weighted by Gasteiger charge is -2.12. The third-order valence-corrected chi connectivity index (χ3v) is 3.91. The maximum Gasteiger partial charge on any atom is 0.343 e. The first kappa shape index (κ1) is 21.6. The quantitative estimate of drug-likeness (QED) is 0.214. The summed E-state index contributed by atoms with van der Waals surface area (Å²) in [5.74, 6) is -0.801. The van der Waals surface area contributed by atoms with Gasteiger partial charge in [-0.25, -0.2) is 9.78 Å². The highest BCUT2D eigenvalue weighted by Gasteiger charge is 2.20. The smallest absolute Gasteiger partial charge is 0.343 e. The number of aliphatic hydroxyl groups is 2. The van der Waals surface area contributed by atoms with E-state index in [1.165, 1.54) is 18.5 Å². The van der Waals surface area contributed by atoms with E-state index in [9.17, 15) is 15.0 Å². The van der Waals surface area contributed by atoms with Crippen LogP contribution in [0.2, 0.25) is 5.15 Å². The van der Waals surface area contributed by atoms with Crippen LogP contribution in [-0.4, -0.2) is 46.6 Å². The molecule has 1 aromatic heterocycles. The van der Waals surface area contributed by atoms with Crippen LogP contribution in [0.25, 0.3) is 5.76 Å². The molecule has 0 unspecified atom stereocenters. The average molecular weight is 434 g/mol. The number of aliphatic hydroxyl groups excluding tert-OH is 2. The van der Waals surface area contributed by atoms with Crippen molar-refractivity contribution in [3.63, 3.8) is 0 Å². The molecule has 8 heteroatoms. The Morgan fingerprint density at radius 2 is 2.20 bits per heavy atom. The molecule has 1 heterocycles. The van der Waals surface area contributed by atoms with Gasteiger partial charge in [0, 0.05) is 16.9 Å². The molecule has 1 aromatic rings. The van der Waals surface area contributed by atoms with Gasteiger partial charge < -0.3 is 14.9 Å². The predicted molar refractivity (Wildman–Crippen MR) is 102 cm³/mol. The monoisotopic (exact) mass is 432 g/mol. The lowest BCUT2D eigenvalue weighted by Crippen LogP contribution is -2.16. The van der Waals surface area contributed by atoms with Gasteiger partial charge in [-0.05, 0) is 41.3 Å². The van der Waals surface area contributed by atoms with Gasteiger partial charge in [0.05, 0.1) is 24.8 Å². The maximum absolute atomic E-state index is 12.2. The molecule has 2 N–H and O–H groups in total. The fourth-order valence-electron chi connectivity index (χ4n) is 2.06. The molecule has 0 saturated carbocycles. The summed E-state index contributed by atoms with van der Waals surface area (Å²) in [6, 6.07) is 1.16. The van der Waals surface area contributed by atoms with E-state index in [0.29, 0.717) is 16.8 Å². The Morgan fingerprint density at radius 1 is 1.52 bits per heavy atom. The van der Waals surface area contributed by atoms with Crippen molar-refractivity contribution in [1.29, 1.82) is 0 Å². The van der Waals surface area contributed by atoms with Crippen molar-refractivity contribution >= 4 is 45.5 Å². The van der Waals surface area contributed by atoms with Gasteiger partial charge >= 0.3 is 5.97 Å². The van der Waals surface area contributed by atoms with E-state index in [0.717, 1.165) is 0 Å². The van der Waals surface area contributed by atoms with Crippen LogP contribution < -0.4 is 0 Å². The first-order valence-corrected chi connectivity index (χ1v) is 9.03. The summed E-state index contributed by atoms with van der Waals surface area (Å²) in [5, 5.41) is 20.0. The van der Waals surface area contributed by atoms with E-state index in [1.54, 1.807) is 6.92 Å². The number of nitrogens with zero attached hydrogens (tertiary/aromatic N) is 2. The number of ether oxygens (including phenoxy) is 1. The van der Waals surface area contributed by atoms with Gasteiger partial charge in [-0.3, -0.25) is 4.99 Å². The topological polar surface area (TPSA) is 92.0 Å². The normalized spacial score (nSPS) is 13.9. The van der Waals surface area contributed by atoms with Crippen molar-refractivity contribution in [2.75, 3.05) is 13.2 Å². The number of pyridine rings is 1. The summed E-state index contributed by atoms with van der Waals surface area (Å²) >= 11 is 9.26. The Bertz CT molecular complexity index is 662. The van der Waals surface area contributed by atoms with E-state index in [2.05, 4.69) is 25.9 Å². The highest BCUT2D eigenvalue weighted by atomic mass is 79.9. The molecule has 0 aromatic carbocycles. The first-order chi connectivity index (χ1) is 11.8. The number of hydrogen-bond donors (Lipinski definition) is 2. The van der Waals surface area contributed by atoms with Crippen molar-refractivity contribution in [3.05, 3.63) is 33.0 Å². The van der Waals surface area contributed by atoms with Crippen LogP contribution in [0.4, 0.5) is 0 Å². The number of halogens is 2. The second-order valence-electron chi connectivity index (χ2n) is 5.72. The average Bonchev–Trinajstić information content (AvgIpc) is 2.55. The lowest BCUT2D eigenvalue weighted by molar-refractivity contribution is -0.137. The van der Waals surface area contributed by atoms with Crippen LogP contribution in [0.3, 0.4) is 0 Å². The van der Waals surface area contributed by atoms with Gasteiger partial charge in [0.15, 0.2) is 0 Å². The van der Waals surface area contributed by atoms with E-state index >= 15 is 0 Å². The summed E-state index contributed by atoms with van der Waals surface area (Å²) in [7, 11) is 0. The number of carbonyl (C=O) groups excluding carboxylic acids is 1. The molecular weight excluding hydrogens is 412 g/mol. The fraction of sp³-hybridized carbons (Fsp3) is 0.471. The molecule has 0 radical (unpaired) electrons. The minimum absolute atomic E-state index is 0.0387. The third kappa shape index (κ3) is 6.76. The zero-order valence-corrected chi connectivity index (χ0v) is 16.7. The molecule has 138 valence electrons. The van der Waals surface area contributed by atoms with Crippen molar-refractivity contribution in [3.8, 4) is 0 Å². The maximum atomic E-state index is 12.2. The Labute approximate surface area is 160 Å². The zero-order chi connectivity index (χ0) is 19.0. The second-order valence-corrected chi connectivity index (χ2v) is 6.99. The Hall–Kier alpha value is -1.44. The van der Waals surface area contributed by atoms with Crippen LogP contribution in [0.5, 0.6) is 0 Å². The molecule has 0 saturated heterocycles. The molecule has 1 rings (SSSR count). The minimum Gasteiger partial charge on any atom is -0.506 e. The lowest BCUT2D eigenvalue weighted by atomic mass is 10.0. The molecule has 0 aliphatic rings. The van der Waals surface area contributed by atoms with Crippen LogP contribution >= 0.6 is 27.5 Å². The summed E-state index contributed by atoms with van der Waals surface area (Å²) in [4.78, 5) is 20.4. The number of rotatable bonds is 8. The minimum atomic E-state index is -0.735. The SMILES string of the molecule is CCOC(=O)C(C=N[C@H](CO)CC(C)C)=C(O)c1cc(Br)cnc1Cl. The van der Waals surface area contributed by atoms with Gasteiger partial charge in [-0.2, -0.15) is 0 Å². The molecule has 6 nitrogen and oxygen atoms in total. The first-order valence-electron chi connectivity index (χ1n) is 7.85. The summed E-state index contributed by atoms with van der Waals surface area (Å²) in [5.41, 5.74) is 0.0285. The van der Waals surface area contributed by atoms with Crippen LogP contribution in [-0.2, 0) is 9.53 Å². The number of aromatic nitrogens is 1. The Kier molecular flexibility index (Phi) is 9.10. The Balaban J connectivity index is 3.31. The van der Waals surface area contributed by atoms with Gasteiger partial charge in [0.25, 0.3) is 0 Å². The summed E-state index contributed by atoms with van der Waals surface area (Å²) in [6.45, 7) is 5.65. The highest BCUT2D eigenvalue weighted by molar-refractivity contribution is 9.10. The summed E-state index contributed by atoms with van der Waals surface area (Å²) in [6.07, 6.45) is 3.33. The van der Waals surface area contributed by atoms with E-state index in [4.69, 9.17) is 16.3 Å². The molecule has 0 aliphatic heterocycles. The standard InChI is InChI=1S/C17H22BrClN2O4/c1-4-25-17(24)14(8-20-12(9-22)5-10(2)3)15(23)13-6-11(18)7-21-16(13)19/h6-8,10,12,22-23H,4-5,9H2,1-3H3/t12-/m0/s1. The van der Waals surface area contributed by atoms with Crippen molar-refractivity contribution in [2.24, 2.45) is 10.9 Å². The molecule has 1 atom stereocenters. The molecule has 0 amide bonds. The Morgan fingerprint density at radius 3 is 2.76 bits per heavy atom. The second kappa shape index (κ2) is 10.5. The number of aliphatic imine (C=N–C) groups is 1. The van der Waals surface area contributed by atoms with Crippen molar-refractivity contribution in [2.45, 2.75) is 33.2 Å². The molecule has 25 heavy (non-hydrogen) atoms. The van der Waals surface area contributed by atoms with Crippen molar-refractivity contribution in [1.82, 2.24) is 4.98 Å². The molecule has 0 bridgehead atoms.